The molecule has 0 bridgehead atoms. The summed E-state index contributed by atoms with van der Waals surface area (Å²) in [5.74, 6) is -1.00. The number of rotatable bonds is 5. The highest BCUT2D eigenvalue weighted by Crippen LogP contribution is 2.14. The Labute approximate surface area is 123 Å². The Bertz CT molecular complexity index is 732. The Balaban J connectivity index is 2.06. The minimum absolute atomic E-state index is 0.0283. The van der Waals surface area contributed by atoms with Gasteiger partial charge >= 0.3 is 0 Å². The second-order valence-electron chi connectivity index (χ2n) is 4.81. The predicted octanol–water partition coefficient (Wildman–Crippen LogP) is 3.18. The molecule has 0 aliphatic carbocycles. The molecule has 2 rings (SSSR count). The lowest BCUT2D eigenvalue weighted by Crippen LogP contribution is -2.11. The van der Waals surface area contributed by atoms with E-state index in [1.165, 1.54) is 12.1 Å². The van der Waals surface area contributed by atoms with Crippen molar-refractivity contribution in [3.8, 4) is 0 Å². The quantitative estimate of drug-likeness (QED) is 0.630. The molecule has 2 aromatic rings. The van der Waals surface area contributed by atoms with Crippen molar-refractivity contribution in [3.05, 3.63) is 65.5 Å². The maximum absolute atomic E-state index is 12.8. The zero-order chi connectivity index (χ0) is 15.5. The van der Waals surface area contributed by atoms with Crippen molar-refractivity contribution in [3.63, 3.8) is 0 Å². The Kier molecular flexibility index (Phi) is 4.53. The van der Waals surface area contributed by atoms with Gasteiger partial charge in [0.15, 0.2) is 15.6 Å². The van der Waals surface area contributed by atoms with Crippen LogP contribution in [0.1, 0.15) is 22.3 Å². The molecule has 110 valence electrons. The molecular formula is C16H15FO3S. The minimum Gasteiger partial charge on any atom is -0.294 e. The molecule has 5 heteroatoms. The average molecular weight is 306 g/mol. The first-order valence-electron chi connectivity index (χ1n) is 6.47. The van der Waals surface area contributed by atoms with Crippen LogP contribution in [0, 0.1) is 12.7 Å². The zero-order valence-electron chi connectivity index (χ0n) is 11.5. The van der Waals surface area contributed by atoms with Gasteiger partial charge in [0.2, 0.25) is 0 Å². The van der Waals surface area contributed by atoms with E-state index in [0.29, 0.717) is 5.56 Å². The molecule has 0 heterocycles. The van der Waals surface area contributed by atoms with Gasteiger partial charge in [0.25, 0.3) is 0 Å². The molecule has 2 aromatic carbocycles. The molecule has 0 amide bonds. The van der Waals surface area contributed by atoms with Crippen molar-refractivity contribution in [2.45, 2.75) is 18.2 Å². The normalized spacial score (nSPS) is 11.3. The molecular weight excluding hydrogens is 291 g/mol. The van der Waals surface area contributed by atoms with Gasteiger partial charge in [-0.25, -0.2) is 12.8 Å². The van der Waals surface area contributed by atoms with Crippen molar-refractivity contribution in [1.82, 2.24) is 0 Å². The van der Waals surface area contributed by atoms with Crippen molar-refractivity contribution < 1.29 is 17.6 Å². The van der Waals surface area contributed by atoms with Crippen LogP contribution in [0.15, 0.2) is 53.4 Å². The van der Waals surface area contributed by atoms with Crippen molar-refractivity contribution in [2.75, 3.05) is 5.75 Å². The van der Waals surface area contributed by atoms with Crippen LogP contribution in [-0.4, -0.2) is 20.0 Å². The number of ketones is 1. The van der Waals surface area contributed by atoms with E-state index >= 15 is 0 Å². The number of carbonyl (C=O) groups excluding carboxylic acids is 1. The third kappa shape index (κ3) is 3.98. The fourth-order valence-electron chi connectivity index (χ4n) is 1.87. The number of halogens is 1. The summed E-state index contributed by atoms with van der Waals surface area (Å²) < 4.78 is 36.9. The van der Waals surface area contributed by atoms with Crippen LogP contribution in [0.25, 0.3) is 0 Å². The molecule has 0 aliphatic heterocycles. The maximum Gasteiger partial charge on any atom is 0.178 e. The van der Waals surface area contributed by atoms with Crippen molar-refractivity contribution in [1.29, 1.82) is 0 Å². The number of aryl methyl sites for hydroxylation is 1. The van der Waals surface area contributed by atoms with Gasteiger partial charge in [-0.3, -0.25) is 4.79 Å². The summed E-state index contributed by atoms with van der Waals surface area (Å²) in [7, 11) is -3.58. The molecule has 0 aliphatic rings. The number of sulfone groups is 1. The lowest BCUT2D eigenvalue weighted by atomic mass is 10.1. The molecule has 0 saturated carbocycles. The van der Waals surface area contributed by atoms with Crippen molar-refractivity contribution >= 4 is 15.6 Å². The highest BCUT2D eigenvalue weighted by molar-refractivity contribution is 7.91. The van der Waals surface area contributed by atoms with Gasteiger partial charge in [0.05, 0.1) is 10.6 Å². The van der Waals surface area contributed by atoms with Crippen LogP contribution in [0.5, 0.6) is 0 Å². The maximum atomic E-state index is 12.8. The Morgan fingerprint density at radius 1 is 1.00 bits per heavy atom. The Morgan fingerprint density at radius 2 is 1.57 bits per heavy atom. The predicted molar refractivity (Wildman–Crippen MR) is 78.6 cm³/mol. The van der Waals surface area contributed by atoms with Gasteiger partial charge in [-0.1, -0.05) is 29.8 Å². The summed E-state index contributed by atoms with van der Waals surface area (Å²) >= 11 is 0. The standard InChI is InChI=1S/C16H15FO3S/c1-12-2-4-13(5-3-12)16(18)10-11-21(19,20)15-8-6-14(17)7-9-15/h2-9H,10-11H2,1H3. The average Bonchev–Trinajstić information content (AvgIpc) is 2.46. The molecule has 0 N–H and O–H groups in total. The number of Topliss-reactive ketones (excluding diaryl/α,β-unsaturated/α-hetero) is 1. The largest absolute Gasteiger partial charge is 0.294 e. The molecule has 3 nitrogen and oxygen atoms in total. The highest BCUT2D eigenvalue weighted by atomic mass is 32.2. The molecule has 0 unspecified atom stereocenters. The van der Waals surface area contributed by atoms with E-state index in [9.17, 15) is 17.6 Å². The monoisotopic (exact) mass is 306 g/mol. The van der Waals surface area contributed by atoms with Gasteiger partial charge in [-0.05, 0) is 31.2 Å². The van der Waals surface area contributed by atoms with Gasteiger partial charge in [0.1, 0.15) is 5.82 Å². The number of carbonyl (C=O) groups is 1. The Morgan fingerprint density at radius 3 is 2.14 bits per heavy atom. The van der Waals surface area contributed by atoms with Crippen LogP contribution < -0.4 is 0 Å². The van der Waals surface area contributed by atoms with E-state index in [4.69, 9.17) is 0 Å². The smallest absolute Gasteiger partial charge is 0.178 e. The summed E-state index contributed by atoms with van der Waals surface area (Å²) in [6.45, 7) is 1.91. The third-order valence-electron chi connectivity index (χ3n) is 3.14. The minimum atomic E-state index is -3.58. The lowest BCUT2D eigenvalue weighted by molar-refractivity contribution is 0.0989. The zero-order valence-corrected chi connectivity index (χ0v) is 12.4. The lowest BCUT2D eigenvalue weighted by Gasteiger charge is -2.05. The van der Waals surface area contributed by atoms with Crippen LogP contribution in [-0.2, 0) is 9.84 Å². The molecule has 0 fully saturated rings. The molecule has 21 heavy (non-hydrogen) atoms. The SMILES string of the molecule is Cc1ccc(C(=O)CCS(=O)(=O)c2ccc(F)cc2)cc1. The highest BCUT2D eigenvalue weighted by Gasteiger charge is 2.17. The number of hydrogen-bond acceptors (Lipinski definition) is 3. The number of hydrogen-bond donors (Lipinski definition) is 0. The van der Waals surface area contributed by atoms with Gasteiger partial charge < -0.3 is 0 Å². The van der Waals surface area contributed by atoms with E-state index < -0.39 is 15.7 Å². The van der Waals surface area contributed by atoms with Crippen LogP contribution in [0.3, 0.4) is 0 Å². The molecule has 0 spiro atoms. The van der Waals surface area contributed by atoms with Crippen molar-refractivity contribution in [2.24, 2.45) is 0 Å². The summed E-state index contributed by atoms with van der Waals surface area (Å²) in [6, 6.07) is 11.6. The first-order valence-corrected chi connectivity index (χ1v) is 8.12. The summed E-state index contributed by atoms with van der Waals surface area (Å²) in [6.07, 6.45) is -0.0945. The summed E-state index contributed by atoms with van der Waals surface area (Å²) in [5, 5.41) is 0. The van der Waals surface area contributed by atoms with E-state index in [1.807, 2.05) is 19.1 Å². The molecule has 0 atom stereocenters. The fraction of sp³-hybridized carbons (Fsp3) is 0.188. The second kappa shape index (κ2) is 6.18. The van der Waals surface area contributed by atoms with Gasteiger partial charge in [-0.15, -0.1) is 0 Å². The summed E-state index contributed by atoms with van der Waals surface area (Å²) in [4.78, 5) is 12.0. The number of benzene rings is 2. The van der Waals surface area contributed by atoms with Gasteiger partial charge in [0, 0.05) is 12.0 Å². The van der Waals surface area contributed by atoms with E-state index in [-0.39, 0.29) is 22.9 Å². The first kappa shape index (κ1) is 15.4. The topological polar surface area (TPSA) is 51.2 Å². The van der Waals surface area contributed by atoms with Crippen LogP contribution >= 0.6 is 0 Å². The molecule has 0 saturated heterocycles. The fourth-order valence-corrected chi connectivity index (χ4v) is 3.11. The van der Waals surface area contributed by atoms with Crippen LogP contribution in [0.2, 0.25) is 0 Å². The van der Waals surface area contributed by atoms with Gasteiger partial charge in [-0.2, -0.15) is 0 Å². The molecule has 0 radical (unpaired) electrons. The Hall–Kier alpha value is -2.01. The van der Waals surface area contributed by atoms with E-state index in [0.717, 1.165) is 17.7 Å². The molecule has 0 aromatic heterocycles. The summed E-state index contributed by atoms with van der Waals surface area (Å²) in [5.41, 5.74) is 1.53. The van der Waals surface area contributed by atoms with E-state index in [2.05, 4.69) is 0 Å². The third-order valence-corrected chi connectivity index (χ3v) is 4.88. The van der Waals surface area contributed by atoms with E-state index in [1.54, 1.807) is 12.1 Å². The second-order valence-corrected chi connectivity index (χ2v) is 6.92. The van der Waals surface area contributed by atoms with Crippen LogP contribution in [0.4, 0.5) is 4.39 Å². The first-order chi connectivity index (χ1) is 9.88.